The highest BCUT2D eigenvalue weighted by Gasteiger charge is 2.14. The van der Waals surface area contributed by atoms with E-state index in [1.807, 2.05) is 12.1 Å². The molecule has 1 heterocycles. The summed E-state index contributed by atoms with van der Waals surface area (Å²) in [6.07, 6.45) is 0.818. The molecule has 0 saturated heterocycles. The van der Waals surface area contributed by atoms with Crippen molar-refractivity contribution in [2.24, 2.45) is 0 Å². The van der Waals surface area contributed by atoms with E-state index in [0.29, 0.717) is 6.79 Å². The summed E-state index contributed by atoms with van der Waals surface area (Å²) in [5.74, 6) is 1.66. The van der Waals surface area contributed by atoms with Gasteiger partial charge in [0.15, 0.2) is 11.5 Å². The molecular weight excluding hydrogens is 218 g/mol. The van der Waals surface area contributed by atoms with E-state index in [2.05, 4.69) is 17.9 Å². The molecule has 2 rings (SSSR count). The van der Waals surface area contributed by atoms with Gasteiger partial charge in [0, 0.05) is 19.7 Å². The highest BCUT2D eigenvalue weighted by Crippen LogP contribution is 2.32. The zero-order valence-corrected chi connectivity index (χ0v) is 10.2. The molecule has 0 saturated carbocycles. The minimum absolute atomic E-state index is 0.248. The summed E-state index contributed by atoms with van der Waals surface area (Å²) in [5.41, 5.74) is 1.22. The van der Waals surface area contributed by atoms with E-state index >= 15 is 0 Å². The molecule has 0 aliphatic carbocycles. The third-order valence-corrected chi connectivity index (χ3v) is 2.92. The van der Waals surface area contributed by atoms with E-state index < -0.39 is 0 Å². The monoisotopic (exact) mass is 237 g/mol. The van der Waals surface area contributed by atoms with Crippen molar-refractivity contribution < 1.29 is 14.6 Å². The Morgan fingerprint density at radius 3 is 2.88 bits per heavy atom. The fraction of sp³-hybridized carbons (Fsp3) is 0.538. The van der Waals surface area contributed by atoms with Crippen LogP contribution >= 0.6 is 0 Å². The molecule has 0 fully saturated rings. The van der Waals surface area contributed by atoms with Crippen molar-refractivity contribution in [1.82, 2.24) is 4.90 Å². The van der Waals surface area contributed by atoms with Gasteiger partial charge in [-0.2, -0.15) is 0 Å². The first kappa shape index (κ1) is 12.2. The smallest absolute Gasteiger partial charge is 0.231 e. The van der Waals surface area contributed by atoms with Crippen molar-refractivity contribution in [3.63, 3.8) is 0 Å². The Kier molecular flexibility index (Phi) is 4.23. The average Bonchev–Trinajstić information content (AvgIpc) is 2.81. The number of nitrogens with zero attached hydrogens (tertiary/aromatic N) is 1. The number of benzene rings is 1. The molecule has 4 nitrogen and oxygen atoms in total. The van der Waals surface area contributed by atoms with Gasteiger partial charge in [0.1, 0.15) is 0 Å². The van der Waals surface area contributed by atoms with Gasteiger partial charge < -0.3 is 14.6 Å². The number of hydrogen-bond donors (Lipinski definition) is 1. The van der Waals surface area contributed by atoms with Crippen LogP contribution in [0.25, 0.3) is 0 Å². The van der Waals surface area contributed by atoms with Crippen LogP contribution in [0.5, 0.6) is 11.5 Å². The average molecular weight is 237 g/mol. The summed E-state index contributed by atoms with van der Waals surface area (Å²) < 4.78 is 10.6. The minimum atomic E-state index is 0.248. The largest absolute Gasteiger partial charge is 0.454 e. The minimum Gasteiger partial charge on any atom is -0.454 e. The Bertz CT molecular complexity index is 368. The van der Waals surface area contributed by atoms with Crippen LogP contribution in [0.1, 0.15) is 18.9 Å². The number of rotatable bonds is 6. The van der Waals surface area contributed by atoms with E-state index in [0.717, 1.165) is 37.6 Å². The van der Waals surface area contributed by atoms with Crippen LogP contribution in [0.15, 0.2) is 18.2 Å². The Labute approximate surface area is 102 Å². The second-order valence-corrected chi connectivity index (χ2v) is 4.13. The van der Waals surface area contributed by atoms with E-state index in [1.54, 1.807) is 0 Å². The fourth-order valence-corrected chi connectivity index (χ4v) is 1.94. The van der Waals surface area contributed by atoms with Crippen molar-refractivity contribution in [2.75, 3.05) is 26.5 Å². The first-order valence-corrected chi connectivity index (χ1v) is 6.05. The summed E-state index contributed by atoms with van der Waals surface area (Å²) in [6.45, 7) is 5.48. The first-order chi connectivity index (χ1) is 8.33. The number of hydrogen-bond acceptors (Lipinski definition) is 4. The molecule has 4 heteroatoms. The van der Waals surface area contributed by atoms with Gasteiger partial charge in [-0.15, -0.1) is 0 Å². The normalized spacial score (nSPS) is 13.4. The van der Waals surface area contributed by atoms with Crippen molar-refractivity contribution in [2.45, 2.75) is 19.9 Å². The second-order valence-electron chi connectivity index (χ2n) is 4.13. The van der Waals surface area contributed by atoms with Crippen LogP contribution in [0.4, 0.5) is 0 Å². The summed E-state index contributed by atoms with van der Waals surface area (Å²) in [6, 6.07) is 6.05. The summed E-state index contributed by atoms with van der Waals surface area (Å²) in [5, 5.41) is 8.84. The summed E-state index contributed by atoms with van der Waals surface area (Å²) in [7, 11) is 0. The van der Waals surface area contributed by atoms with Gasteiger partial charge in [-0.3, -0.25) is 4.90 Å². The maximum Gasteiger partial charge on any atom is 0.231 e. The Balaban J connectivity index is 1.97. The Morgan fingerprint density at radius 2 is 2.12 bits per heavy atom. The third-order valence-electron chi connectivity index (χ3n) is 2.92. The number of ether oxygens (including phenoxy) is 2. The quantitative estimate of drug-likeness (QED) is 0.816. The first-order valence-electron chi connectivity index (χ1n) is 6.05. The lowest BCUT2D eigenvalue weighted by atomic mass is 10.2. The van der Waals surface area contributed by atoms with Crippen LogP contribution in [0.3, 0.4) is 0 Å². The van der Waals surface area contributed by atoms with Crippen LogP contribution in [-0.4, -0.2) is 36.5 Å². The van der Waals surface area contributed by atoms with Gasteiger partial charge in [-0.25, -0.2) is 0 Å². The highest BCUT2D eigenvalue weighted by atomic mass is 16.7. The molecule has 1 aromatic carbocycles. The molecule has 1 aromatic rings. The van der Waals surface area contributed by atoms with Crippen molar-refractivity contribution >= 4 is 0 Å². The molecule has 1 aliphatic heterocycles. The van der Waals surface area contributed by atoms with Gasteiger partial charge in [0.05, 0.1) is 0 Å². The van der Waals surface area contributed by atoms with Crippen molar-refractivity contribution in [3.05, 3.63) is 23.8 Å². The van der Waals surface area contributed by atoms with Gasteiger partial charge >= 0.3 is 0 Å². The Morgan fingerprint density at radius 1 is 1.29 bits per heavy atom. The SMILES string of the molecule is CCN(CCCO)Cc1ccc2c(c1)OCO2. The van der Waals surface area contributed by atoms with Gasteiger partial charge in [-0.1, -0.05) is 13.0 Å². The molecule has 94 valence electrons. The third kappa shape index (κ3) is 3.11. The molecular formula is C13H19NO3. The Hall–Kier alpha value is -1.26. The molecule has 0 aromatic heterocycles. The molecule has 0 unspecified atom stereocenters. The van der Waals surface area contributed by atoms with Gasteiger partial charge in [-0.05, 0) is 30.7 Å². The zero-order valence-electron chi connectivity index (χ0n) is 10.2. The maximum atomic E-state index is 8.84. The predicted octanol–water partition coefficient (Wildman–Crippen LogP) is 1.62. The maximum absolute atomic E-state index is 8.84. The molecule has 0 bridgehead atoms. The molecule has 0 radical (unpaired) electrons. The fourth-order valence-electron chi connectivity index (χ4n) is 1.94. The van der Waals surface area contributed by atoms with E-state index in [9.17, 15) is 0 Å². The van der Waals surface area contributed by atoms with Gasteiger partial charge in [0.2, 0.25) is 6.79 Å². The molecule has 0 amide bonds. The van der Waals surface area contributed by atoms with E-state index in [1.165, 1.54) is 5.56 Å². The number of fused-ring (bicyclic) bond motifs is 1. The highest BCUT2D eigenvalue weighted by molar-refractivity contribution is 5.44. The molecule has 0 atom stereocenters. The van der Waals surface area contributed by atoms with Gasteiger partial charge in [0.25, 0.3) is 0 Å². The lowest BCUT2D eigenvalue weighted by Crippen LogP contribution is -2.24. The molecule has 17 heavy (non-hydrogen) atoms. The van der Waals surface area contributed by atoms with Crippen molar-refractivity contribution in [1.29, 1.82) is 0 Å². The standard InChI is InChI=1S/C13H19NO3/c1-2-14(6-3-7-15)9-11-4-5-12-13(8-11)17-10-16-12/h4-5,8,15H,2-3,6-7,9-10H2,1H3. The second kappa shape index (κ2) is 5.89. The molecule has 0 spiro atoms. The topological polar surface area (TPSA) is 41.9 Å². The predicted molar refractivity (Wildman–Crippen MR) is 65.2 cm³/mol. The summed E-state index contributed by atoms with van der Waals surface area (Å²) >= 11 is 0. The van der Waals surface area contributed by atoms with Crippen LogP contribution < -0.4 is 9.47 Å². The lowest BCUT2D eigenvalue weighted by molar-refractivity contribution is 0.174. The van der Waals surface area contributed by atoms with Crippen molar-refractivity contribution in [3.8, 4) is 11.5 Å². The lowest BCUT2D eigenvalue weighted by Gasteiger charge is -2.20. The van der Waals surface area contributed by atoms with E-state index in [4.69, 9.17) is 14.6 Å². The van der Waals surface area contributed by atoms with E-state index in [-0.39, 0.29) is 6.61 Å². The van der Waals surface area contributed by atoms with Crippen LogP contribution in [0, 0.1) is 0 Å². The van der Waals surface area contributed by atoms with Crippen LogP contribution in [-0.2, 0) is 6.54 Å². The molecule has 1 aliphatic rings. The molecule has 1 N–H and O–H groups in total. The summed E-state index contributed by atoms with van der Waals surface area (Å²) in [4.78, 5) is 2.30. The van der Waals surface area contributed by atoms with Crippen LogP contribution in [0.2, 0.25) is 0 Å². The number of aliphatic hydroxyl groups is 1. The number of aliphatic hydroxyl groups excluding tert-OH is 1. The zero-order chi connectivity index (χ0) is 12.1.